The van der Waals surface area contributed by atoms with E-state index < -0.39 is 6.36 Å². The zero-order chi connectivity index (χ0) is 26.7. The topological polar surface area (TPSA) is 55.3 Å². The molecule has 1 aliphatic carbocycles. The van der Waals surface area contributed by atoms with Crippen LogP contribution in [0.4, 0.5) is 19.0 Å². The highest BCUT2D eigenvalue weighted by atomic mass is 19.4. The van der Waals surface area contributed by atoms with E-state index in [4.69, 9.17) is 9.97 Å². The van der Waals surface area contributed by atoms with Crippen LogP contribution in [0.15, 0.2) is 47.7 Å². The Kier molecular flexibility index (Phi) is 8.05. The van der Waals surface area contributed by atoms with Gasteiger partial charge in [0.25, 0.3) is 0 Å². The van der Waals surface area contributed by atoms with E-state index >= 15 is 0 Å². The molecule has 0 spiro atoms. The number of carbonyl (C=O) groups excluding carboxylic acids is 1. The maximum Gasteiger partial charge on any atom is 0.573 e. The number of benzene rings is 1. The summed E-state index contributed by atoms with van der Waals surface area (Å²) >= 11 is 0. The number of halogens is 3. The lowest BCUT2D eigenvalue weighted by molar-refractivity contribution is -0.274. The van der Waals surface area contributed by atoms with Crippen LogP contribution in [-0.4, -0.2) is 29.2 Å². The Hall–Kier alpha value is -3.16. The summed E-state index contributed by atoms with van der Waals surface area (Å²) in [5, 5.41) is 0. The minimum atomic E-state index is -4.73. The lowest BCUT2D eigenvalue weighted by Crippen LogP contribution is -2.22. The number of ketones is 1. The SMILES string of the molecule is C/C=C(\C)C(=O)CCC1CCC(c2nc(-c3ccc(OC(F)(F)F)cc3)c3c(n2)N(C)C=C(CC)C3)C1. The molecule has 198 valence electrons. The lowest BCUT2D eigenvalue weighted by Gasteiger charge is -2.27. The van der Waals surface area contributed by atoms with E-state index in [1.165, 1.54) is 17.7 Å². The van der Waals surface area contributed by atoms with E-state index in [9.17, 15) is 18.0 Å². The van der Waals surface area contributed by atoms with E-state index in [-0.39, 0.29) is 17.5 Å². The van der Waals surface area contributed by atoms with Crippen molar-refractivity contribution in [2.75, 3.05) is 11.9 Å². The summed E-state index contributed by atoms with van der Waals surface area (Å²) in [7, 11) is 1.97. The van der Waals surface area contributed by atoms with Crippen LogP contribution in [0.2, 0.25) is 0 Å². The van der Waals surface area contributed by atoms with Gasteiger partial charge >= 0.3 is 6.36 Å². The van der Waals surface area contributed by atoms with Gasteiger partial charge in [0, 0.05) is 43.1 Å². The van der Waals surface area contributed by atoms with E-state index in [1.54, 1.807) is 12.1 Å². The molecule has 1 saturated carbocycles. The van der Waals surface area contributed by atoms with Crippen LogP contribution in [0.25, 0.3) is 11.3 Å². The van der Waals surface area contributed by atoms with Crippen molar-refractivity contribution in [1.29, 1.82) is 0 Å². The first-order valence-corrected chi connectivity index (χ1v) is 12.9. The molecule has 2 heterocycles. The third-order valence-corrected chi connectivity index (χ3v) is 7.49. The van der Waals surface area contributed by atoms with Crippen molar-refractivity contribution in [1.82, 2.24) is 9.97 Å². The Balaban J connectivity index is 1.62. The van der Waals surface area contributed by atoms with Gasteiger partial charge in [0.05, 0.1) is 5.69 Å². The van der Waals surface area contributed by atoms with Crippen molar-refractivity contribution < 1.29 is 22.7 Å². The van der Waals surface area contributed by atoms with E-state index in [1.807, 2.05) is 31.9 Å². The van der Waals surface area contributed by atoms with Gasteiger partial charge in [-0.1, -0.05) is 13.0 Å². The van der Waals surface area contributed by atoms with Crippen LogP contribution in [0.3, 0.4) is 0 Å². The molecule has 0 amide bonds. The molecule has 4 rings (SSSR count). The highest BCUT2D eigenvalue weighted by Crippen LogP contribution is 2.42. The average Bonchev–Trinajstić information content (AvgIpc) is 3.35. The number of rotatable bonds is 8. The minimum absolute atomic E-state index is 0.185. The smallest absolute Gasteiger partial charge is 0.406 e. The normalized spacial score (nSPS) is 20.0. The summed E-state index contributed by atoms with van der Waals surface area (Å²) < 4.78 is 42.0. The second-order valence-electron chi connectivity index (χ2n) is 10.0. The second kappa shape index (κ2) is 11.1. The highest BCUT2D eigenvalue weighted by Gasteiger charge is 2.32. The van der Waals surface area contributed by atoms with Crippen LogP contribution in [0.1, 0.15) is 76.6 Å². The molecule has 0 N–H and O–H groups in total. The maximum atomic E-state index is 12.7. The summed E-state index contributed by atoms with van der Waals surface area (Å²) in [4.78, 5) is 24.3. The second-order valence-corrected chi connectivity index (χ2v) is 10.0. The Morgan fingerprint density at radius 3 is 2.57 bits per heavy atom. The Bertz CT molecular complexity index is 1200. The fourth-order valence-corrected chi connectivity index (χ4v) is 5.27. The number of Topliss-reactive ketones (excluding diaryl/α,β-unsaturated/α-hetero) is 1. The molecule has 2 aliphatic rings. The molecule has 2 atom stereocenters. The van der Waals surface area contributed by atoms with Crippen molar-refractivity contribution in [3.8, 4) is 17.0 Å². The fraction of sp³-hybridized carbons (Fsp3) is 0.483. The molecule has 1 aliphatic heterocycles. The van der Waals surface area contributed by atoms with E-state index in [0.29, 0.717) is 18.8 Å². The first-order chi connectivity index (χ1) is 17.6. The van der Waals surface area contributed by atoms with Crippen molar-refractivity contribution in [2.24, 2.45) is 5.92 Å². The van der Waals surface area contributed by atoms with Crippen LogP contribution < -0.4 is 9.64 Å². The number of carbonyl (C=O) groups is 1. The van der Waals surface area contributed by atoms with Crippen LogP contribution in [0.5, 0.6) is 5.75 Å². The maximum absolute atomic E-state index is 12.7. The van der Waals surface area contributed by atoms with Gasteiger partial charge in [-0.05, 0) is 87.3 Å². The molecule has 37 heavy (non-hydrogen) atoms. The molecule has 5 nitrogen and oxygen atoms in total. The van der Waals surface area contributed by atoms with Crippen LogP contribution in [-0.2, 0) is 11.2 Å². The van der Waals surface area contributed by atoms with Crippen molar-refractivity contribution in [3.63, 3.8) is 0 Å². The number of aromatic nitrogens is 2. The van der Waals surface area contributed by atoms with Gasteiger partial charge in [0.2, 0.25) is 0 Å². The van der Waals surface area contributed by atoms with Gasteiger partial charge in [-0.15, -0.1) is 13.2 Å². The molecule has 1 aromatic carbocycles. The lowest BCUT2D eigenvalue weighted by atomic mass is 9.94. The Morgan fingerprint density at radius 2 is 1.92 bits per heavy atom. The molecule has 0 saturated heterocycles. The Morgan fingerprint density at radius 1 is 1.19 bits per heavy atom. The molecule has 2 unspecified atom stereocenters. The van der Waals surface area contributed by atoms with E-state index in [0.717, 1.165) is 66.1 Å². The van der Waals surface area contributed by atoms with Gasteiger partial charge in [-0.25, -0.2) is 9.97 Å². The average molecular weight is 514 g/mol. The molecule has 1 fully saturated rings. The summed E-state index contributed by atoms with van der Waals surface area (Å²) in [6.07, 6.45) is 5.16. The number of hydrogen-bond acceptors (Lipinski definition) is 5. The van der Waals surface area contributed by atoms with Crippen LogP contribution >= 0.6 is 0 Å². The summed E-state index contributed by atoms with van der Waals surface area (Å²) in [5.74, 6) is 2.19. The third kappa shape index (κ3) is 6.40. The van der Waals surface area contributed by atoms with E-state index in [2.05, 4.69) is 17.9 Å². The molecule has 1 aromatic heterocycles. The van der Waals surface area contributed by atoms with Crippen molar-refractivity contribution in [2.45, 2.75) is 78.0 Å². The number of alkyl halides is 3. The summed E-state index contributed by atoms with van der Waals surface area (Å²) in [6.45, 7) is 5.85. The molecule has 8 heteroatoms. The highest BCUT2D eigenvalue weighted by molar-refractivity contribution is 5.94. The predicted octanol–water partition coefficient (Wildman–Crippen LogP) is 7.53. The number of anilines is 1. The monoisotopic (exact) mass is 513 g/mol. The van der Waals surface area contributed by atoms with Gasteiger partial charge in [0.1, 0.15) is 17.4 Å². The third-order valence-electron chi connectivity index (χ3n) is 7.49. The number of ether oxygens (including phenoxy) is 1. The standard InChI is InChI=1S/C29H34F3N3O2/c1-5-18(3)25(36)14-8-20-7-9-22(15-20)27-33-26(21-10-12-23(13-11-21)37-29(30,31)32)24-16-19(6-2)17-35(4)28(24)34-27/h5,10-13,17,20,22H,6-9,14-16H2,1-4H3/b18-5+. The van der Waals surface area contributed by atoms with Crippen molar-refractivity contribution in [3.05, 3.63) is 59.1 Å². The predicted molar refractivity (Wildman–Crippen MR) is 138 cm³/mol. The molecule has 0 radical (unpaired) electrons. The van der Waals surface area contributed by atoms with Gasteiger partial charge < -0.3 is 9.64 Å². The van der Waals surface area contributed by atoms with Gasteiger partial charge in [0.15, 0.2) is 5.78 Å². The molecular formula is C29H34F3N3O2. The fourth-order valence-electron chi connectivity index (χ4n) is 5.27. The molecule has 2 aromatic rings. The summed E-state index contributed by atoms with van der Waals surface area (Å²) in [5.41, 5.74) is 4.53. The number of fused-ring (bicyclic) bond motifs is 1. The zero-order valence-corrected chi connectivity index (χ0v) is 21.9. The first-order valence-electron chi connectivity index (χ1n) is 12.9. The minimum Gasteiger partial charge on any atom is -0.406 e. The first kappa shape index (κ1) is 26.9. The zero-order valence-electron chi connectivity index (χ0n) is 21.9. The summed E-state index contributed by atoms with van der Waals surface area (Å²) in [6, 6.07) is 5.92. The van der Waals surface area contributed by atoms with Crippen LogP contribution in [0, 0.1) is 5.92 Å². The number of hydrogen-bond donors (Lipinski definition) is 0. The van der Waals surface area contributed by atoms with Crippen molar-refractivity contribution >= 4 is 11.6 Å². The number of allylic oxidation sites excluding steroid dienone is 3. The molecular weight excluding hydrogens is 479 g/mol. The van der Waals surface area contributed by atoms with Gasteiger partial charge in [-0.3, -0.25) is 4.79 Å². The quantitative estimate of drug-likeness (QED) is 0.342. The number of nitrogens with zero attached hydrogens (tertiary/aromatic N) is 3. The van der Waals surface area contributed by atoms with Gasteiger partial charge in [-0.2, -0.15) is 0 Å². The Labute approximate surface area is 216 Å². The largest absolute Gasteiger partial charge is 0.573 e. The molecule has 0 bridgehead atoms.